The summed E-state index contributed by atoms with van der Waals surface area (Å²) in [5.41, 5.74) is 2.27. The molecule has 1 aliphatic heterocycles. The summed E-state index contributed by atoms with van der Waals surface area (Å²) in [7, 11) is 0. The van der Waals surface area contributed by atoms with E-state index in [1.807, 2.05) is 40.7 Å². The first-order valence-electron chi connectivity index (χ1n) is 8.00. The third-order valence-corrected chi connectivity index (χ3v) is 4.22. The molecule has 23 heavy (non-hydrogen) atoms. The zero-order valence-corrected chi connectivity index (χ0v) is 13.2. The standard InChI is InChI=1S/C17H20N6/c1-13-20-17-8-7-15(12-23(17)21-13)18-9-14-10-19-22(11-14)16-5-3-2-4-6-16/h2-6,10-11,15,18H,7-9,12H2,1H3/t15-/m1/s1. The normalized spacial score (nSPS) is 17.2. The van der Waals surface area contributed by atoms with Crippen LogP contribution >= 0.6 is 0 Å². The Kier molecular flexibility index (Phi) is 3.67. The molecule has 3 heterocycles. The molecule has 0 spiro atoms. The van der Waals surface area contributed by atoms with Crippen LogP contribution in [-0.4, -0.2) is 30.6 Å². The zero-order valence-electron chi connectivity index (χ0n) is 13.2. The number of nitrogens with zero attached hydrogens (tertiary/aromatic N) is 5. The lowest BCUT2D eigenvalue weighted by Gasteiger charge is -2.23. The van der Waals surface area contributed by atoms with Gasteiger partial charge in [0.1, 0.15) is 11.6 Å². The molecule has 1 aromatic carbocycles. The molecule has 6 nitrogen and oxygen atoms in total. The van der Waals surface area contributed by atoms with Gasteiger partial charge in [0.25, 0.3) is 0 Å². The quantitative estimate of drug-likeness (QED) is 0.799. The highest BCUT2D eigenvalue weighted by atomic mass is 15.4. The van der Waals surface area contributed by atoms with E-state index >= 15 is 0 Å². The maximum Gasteiger partial charge on any atom is 0.147 e. The fourth-order valence-electron chi connectivity index (χ4n) is 3.04. The van der Waals surface area contributed by atoms with Crippen LogP contribution in [0.2, 0.25) is 0 Å². The van der Waals surface area contributed by atoms with Crippen LogP contribution in [0.5, 0.6) is 0 Å². The second kappa shape index (κ2) is 5.96. The molecule has 3 aromatic rings. The van der Waals surface area contributed by atoms with E-state index in [1.54, 1.807) is 0 Å². The van der Waals surface area contributed by atoms with Crippen LogP contribution in [0.15, 0.2) is 42.7 Å². The Hall–Kier alpha value is -2.47. The van der Waals surface area contributed by atoms with Gasteiger partial charge in [0.15, 0.2) is 0 Å². The molecular formula is C17H20N6. The van der Waals surface area contributed by atoms with E-state index in [-0.39, 0.29) is 0 Å². The number of para-hydroxylation sites is 1. The highest BCUT2D eigenvalue weighted by Crippen LogP contribution is 2.14. The lowest BCUT2D eigenvalue weighted by molar-refractivity contribution is 0.357. The van der Waals surface area contributed by atoms with Crippen molar-refractivity contribution < 1.29 is 0 Å². The minimum atomic E-state index is 0.434. The van der Waals surface area contributed by atoms with Crippen LogP contribution in [0.4, 0.5) is 0 Å². The monoisotopic (exact) mass is 308 g/mol. The Morgan fingerprint density at radius 3 is 3.00 bits per heavy atom. The van der Waals surface area contributed by atoms with E-state index < -0.39 is 0 Å². The summed E-state index contributed by atoms with van der Waals surface area (Å²) in [6, 6.07) is 10.6. The summed E-state index contributed by atoms with van der Waals surface area (Å²) in [6.45, 7) is 3.66. The predicted octanol–water partition coefficient (Wildman–Crippen LogP) is 1.88. The number of benzene rings is 1. The van der Waals surface area contributed by atoms with Crippen LogP contribution in [0.3, 0.4) is 0 Å². The fraction of sp³-hybridized carbons (Fsp3) is 0.353. The molecule has 0 saturated heterocycles. The Morgan fingerprint density at radius 1 is 1.26 bits per heavy atom. The van der Waals surface area contributed by atoms with Crippen molar-refractivity contribution in [1.82, 2.24) is 29.9 Å². The smallest absolute Gasteiger partial charge is 0.147 e. The van der Waals surface area contributed by atoms with Gasteiger partial charge in [0.2, 0.25) is 0 Å². The Morgan fingerprint density at radius 2 is 2.13 bits per heavy atom. The molecule has 0 saturated carbocycles. The summed E-state index contributed by atoms with van der Waals surface area (Å²) in [5, 5.41) is 12.5. The molecule has 2 aromatic heterocycles. The maximum absolute atomic E-state index is 4.45. The van der Waals surface area contributed by atoms with E-state index in [1.165, 1.54) is 5.56 Å². The van der Waals surface area contributed by atoms with Crippen molar-refractivity contribution in [3.05, 3.63) is 59.9 Å². The molecule has 118 valence electrons. The molecule has 0 bridgehead atoms. The van der Waals surface area contributed by atoms with Crippen LogP contribution < -0.4 is 5.32 Å². The van der Waals surface area contributed by atoms with Crippen LogP contribution in [0.1, 0.15) is 23.6 Å². The molecule has 0 aliphatic carbocycles. The van der Waals surface area contributed by atoms with Gasteiger partial charge < -0.3 is 5.32 Å². The summed E-state index contributed by atoms with van der Waals surface area (Å²) >= 11 is 0. The predicted molar refractivity (Wildman–Crippen MR) is 87.3 cm³/mol. The van der Waals surface area contributed by atoms with Crippen LogP contribution in [0.25, 0.3) is 5.69 Å². The van der Waals surface area contributed by atoms with Gasteiger partial charge in [-0.25, -0.2) is 14.3 Å². The number of hydrogen-bond acceptors (Lipinski definition) is 4. The molecule has 1 aliphatic rings. The van der Waals surface area contributed by atoms with Crippen LogP contribution in [0, 0.1) is 6.92 Å². The summed E-state index contributed by atoms with van der Waals surface area (Å²) < 4.78 is 3.95. The van der Waals surface area contributed by atoms with Gasteiger partial charge in [-0.3, -0.25) is 0 Å². The fourth-order valence-corrected chi connectivity index (χ4v) is 3.04. The first-order chi connectivity index (χ1) is 11.3. The number of fused-ring (bicyclic) bond motifs is 1. The molecule has 1 N–H and O–H groups in total. The molecule has 0 radical (unpaired) electrons. The topological polar surface area (TPSA) is 60.6 Å². The van der Waals surface area contributed by atoms with Gasteiger partial charge in [0, 0.05) is 30.8 Å². The number of aryl methyl sites for hydroxylation is 2. The van der Waals surface area contributed by atoms with Crippen molar-refractivity contribution >= 4 is 0 Å². The van der Waals surface area contributed by atoms with E-state index in [9.17, 15) is 0 Å². The maximum atomic E-state index is 4.45. The first kappa shape index (κ1) is 14.1. The molecular weight excluding hydrogens is 288 g/mol. The van der Waals surface area contributed by atoms with Gasteiger partial charge in [-0.2, -0.15) is 10.2 Å². The zero-order chi connectivity index (χ0) is 15.6. The molecule has 4 rings (SSSR count). The summed E-state index contributed by atoms with van der Waals surface area (Å²) in [5.74, 6) is 1.97. The van der Waals surface area contributed by atoms with Crippen molar-refractivity contribution in [2.45, 2.75) is 38.9 Å². The second-order valence-corrected chi connectivity index (χ2v) is 6.00. The Labute approximate surface area is 135 Å². The number of rotatable bonds is 4. The average Bonchev–Trinajstić information content (AvgIpc) is 3.18. The molecule has 0 amide bonds. The molecule has 0 fully saturated rings. The number of nitrogens with one attached hydrogen (secondary N) is 1. The van der Waals surface area contributed by atoms with Gasteiger partial charge in [-0.05, 0) is 25.5 Å². The summed E-state index contributed by atoms with van der Waals surface area (Å²) in [4.78, 5) is 4.45. The minimum Gasteiger partial charge on any atom is -0.308 e. The third kappa shape index (κ3) is 3.03. The van der Waals surface area contributed by atoms with Crippen molar-refractivity contribution in [3.8, 4) is 5.69 Å². The van der Waals surface area contributed by atoms with Crippen molar-refractivity contribution in [2.24, 2.45) is 0 Å². The second-order valence-electron chi connectivity index (χ2n) is 6.00. The van der Waals surface area contributed by atoms with Crippen molar-refractivity contribution in [2.75, 3.05) is 0 Å². The summed E-state index contributed by atoms with van der Waals surface area (Å²) in [6.07, 6.45) is 6.09. The van der Waals surface area contributed by atoms with Gasteiger partial charge in [-0.15, -0.1) is 0 Å². The highest BCUT2D eigenvalue weighted by Gasteiger charge is 2.20. The average molecular weight is 308 g/mol. The lowest BCUT2D eigenvalue weighted by atomic mass is 10.1. The van der Waals surface area contributed by atoms with E-state index in [0.29, 0.717) is 6.04 Å². The van der Waals surface area contributed by atoms with Crippen molar-refractivity contribution in [3.63, 3.8) is 0 Å². The van der Waals surface area contributed by atoms with Gasteiger partial charge >= 0.3 is 0 Å². The van der Waals surface area contributed by atoms with Gasteiger partial charge in [-0.1, -0.05) is 18.2 Å². The SMILES string of the molecule is Cc1nc2n(n1)C[C@H](NCc1cnn(-c3ccccc3)c1)CC2. The van der Waals surface area contributed by atoms with Crippen molar-refractivity contribution in [1.29, 1.82) is 0 Å². The van der Waals surface area contributed by atoms with Crippen LogP contribution in [-0.2, 0) is 19.5 Å². The molecule has 0 unspecified atom stereocenters. The third-order valence-electron chi connectivity index (χ3n) is 4.22. The molecule has 6 heteroatoms. The lowest BCUT2D eigenvalue weighted by Crippen LogP contribution is -2.37. The van der Waals surface area contributed by atoms with E-state index in [4.69, 9.17) is 0 Å². The Bertz CT molecular complexity index is 789. The number of hydrogen-bond donors (Lipinski definition) is 1. The Balaban J connectivity index is 1.38. The van der Waals surface area contributed by atoms with Gasteiger partial charge in [0.05, 0.1) is 18.4 Å². The first-order valence-corrected chi connectivity index (χ1v) is 8.00. The number of aromatic nitrogens is 5. The van der Waals surface area contributed by atoms with E-state index in [2.05, 4.69) is 38.8 Å². The highest BCUT2D eigenvalue weighted by molar-refractivity contribution is 5.30. The molecule has 1 atom stereocenters. The minimum absolute atomic E-state index is 0.434. The van der Waals surface area contributed by atoms with E-state index in [0.717, 1.165) is 43.3 Å². The largest absolute Gasteiger partial charge is 0.308 e.